The molecule has 1 aromatic rings. The van der Waals surface area contributed by atoms with Gasteiger partial charge in [0, 0.05) is 42.8 Å². The van der Waals surface area contributed by atoms with Crippen LogP contribution in [0.15, 0.2) is 24.3 Å². The lowest BCUT2D eigenvalue weighted by Gasteiger charge is -2.32. The van der Waals surface area contributed by atoms with Crippen LogP contribution in [0.1, 0.15) is 38.5 Å². The van der Waals surface area contributed by atoms with Crippen molar-refractivity contribution in [1.82, 2.24) is 0 Å². The molecule has 1 saturated carbocycles. The summed E-state index contributed by atoms with van der Waals surface area (Å²) in [6.45, 7) is 1.61. The molecule has 152 valence electrons. The molecule has 0 spiro atoms. The Labute approximate surface area is 173 Å². The third-order valence-corrected chi connectivity index (χ3v) is 5.56. The van der Waals surface area contributed by atoms with Gasteiger partial charge in [-0.05, 0) is 49.8 Å². The Bertz CT molecular complexity index is 636. The first kappa shape index (κ1) is 23.5. The van der Waals surface area contributed by atoms with Gasteiger partial charge >= 0.3 is 0 Å². The van der Waals surface area contributed by atoms with E-state index in [0.717, 1.165) is 56.6 Å². The Morgan fingerprint density at radius 1 is 1.11 bits per heavy atom. The van der Waals surface area contributed by atoms with Crippen LogP contribution in [0.5, 0.6) is 0 Å². The minimum absolute atomic E-state index is 0. The summed E-state index contributed by atoms with van der Waals surface area (Å²) < 4.78 is 0. The average molecular weight is 417 g/mol. The number of hydrogen-bond donors (Lipinski definition) is 3. The van der Waals surface area contributed by atoms with Gasteiger partial charge < -0.3 is 21.7 Å². The summed E-state index contributed by atoms with van der Waals surface area (Å²) in [4.78, 5) is 25.8. The Morgan fingerprint density at radius 3 is 2.41 bits per heavy atom. The number of piperidine rings is 1. The van der Waals surface area contributed by atoms with Gasteiger partial charge in [0.2, 0.25) is 11.8 Å². The van der Waals surface area contributed by atoms with E-state index in [1.165, 1.54) is 0 Å². The lowest BCUT2D eigenvalue weighted by atomic mass is 9.96. The maximum atomic E-state index is 12.3. The molecule has 5 N–H and O–H groups in total. The monoisotopic (exact) mass is 416 g/mol. The van der Waals surface area contributed by atoms with Crippen molar-refractivity contribution >= 4 is 48.0 Å². The second-order valence-electron chi connectivity index (χ2n) is 7.32. The first-order chi connectivity index (χ1) is 12.0. The van der Waals surface area contributed by atoms with Crippen molar-refractivity contribution in [3.05, 3.63) is 24.3 Å². The molecule has 2 aliphatic rings. The quantitative estimate of drug-likeness (QED) is 0.686. The molecule has 1 saturated heterocycles. The molecule has 0 unspecified atom stereocenters. The van der Waals surface area contributed by atoms with Crippen molar-refractivity contribution in [3.8, 4) is 0 Å². The molecule has 2 amide bonds. The van der Waals surface area contributed by atoms with Gasteiger partial charge in [0.05, 0.1) is 0 Å². The van der Waals surface area contributed by atoms with Crippen molar-refractivity contribution in [2.45, 2.75) is 44.6 Å². The largest absolute Gasteiger partial charge is 0.371 e. The van der Waals surface area contributed by atoms with E-state index in [9.17, 15) is 9.59 Å². The first-order valence-corrected chi connectivity index (χ1v) is 9.22. The van der Waals surface area contributed by atoms with E-state index in [0.29, 0.717) is 12.3 Å². The summed E-state index contributed by atoms with van der Waals surface area (Å²) in [5.41, 5.74) is 13.3. The van der Waals surface area contributed by atoms with E-state index < -0.39 is 0 Å². The van der Waals surface area contributed by atoms with Crippen LogP contribution in [-0.2, 0) is 9.59 Å². The highest BCUT2D eigenvalue weighted by molar-refractivity contribution is 5.91. The van der Waals surface area contributed by atoms with Crippen LogP contribution in [0.2, 0.25) is 0 Å². The zero-order chi connectivity index (χ0) is 17.8. The van der Waals surface area contributed by atoms with E-state index in [-0.39, 0.29) is 48.6 Å². The van der Waals surface area contributed by atoms with E-state index in [2.05, 4.69) is 10.2 Å². The highest BCUT2D eigenvalue weighted by Gasteiger charge is 2.26. The SMILES string of the molecule is Cl.Cl.NC(=O)C1CCN(c2cccc(NC(=O)C[C@@H]3CCC[C@H]3N)c2)CC1. The second kappa shape index (κ2) is 10.7. The molecule has 2 atom stereocenters. The Hall–Kier alpha value is -1.50. The molecule has 1 aromatic carbocycles. The normalized spacial score (nSPS) is 22.5. The maximum Gasteiger partial charge on any atom is 0.224 e. The predicted molar refractivity (Wildman–Crippen MR) is 114 cm³/mol. The van der Waals surface area contributed by atoms with Crippen LogP contribution >= 0.6 is 24.8 Å². The molecule has 1 heterocycles. The van der Waals surface area contributed by atoms with Crippen LogP contribution in [0.4, 0.5) is 11.4 Å². The van der Waals surface area contributed by atoms with Crippen molar-refractivity contribution in [1.29, 1.82) is 0 Å². The van der Waals surface area contributed by atoms with Gasteiger partial charge in [0.1, 0.15) is 0 Å². The van der Waals surface area contributed by atoms with Crippen LogP contribution < -0.4 is 21.7 Å². The highest BCUT2D eigenvalue weighted by Crippen LogP contribution is 2.28. The number of nitrogens with one attached hydrogen (secondary N) is 1. The molecular weight excluding hydrogens is 387 g/mol. The van der Waals surface area contributed by atoms with E-state index in [4.69, 9.17) is 11.5 Å². The summed E-state index contributed by atoms with van der Waals surface area (Å²) in [5.74, 6) is 0.114. The molecular formula is C19H30Cl2N4O2. The van der Waals surface area contributed by atoms with Crippen LogP contribution in [-0.4, -0.2) is 30.9 Å². The summed E-state index contributed by atoms with van der Waals surface area (Å²) in [5, 5.41) is 3.00. The number of nitrogens with two attached hydrogens (primary N) is 2. The Morgan fingerprint density at radius 2 is 1.81 bits per heavy atom. The molecule has 27 heavy (non-hydrogen) atoms. The fraction of sp³-hybridized carbons (Fsp3) is 0.579. The summed E-state index contributed by atoms with van der Waals surface area (Å²) in [7, 11) is 0. The van der Waals surface area contributed by atoms with Gasteiger partial charge in [-0.1, -0.05) is 12.5 Å². The molecule has 0 aromatic heterocycles. The molecule has 3 rings (SSSR count). The van der Waals surface area contributed by atoms with Gasteiger partial charge in [-0.2, -0.15) is 0 Å². The van der Waals surface area contributed by atoms with Gasteiger partial charge in [0.25, 0.3) is 0 Å². The molecule has 8 heteroatoms. The number of carbonyl (C=O) groups is 2. The summed E-state index contributed by atoms with van der Waals surface area (Å²) >= 11 is 0. The first-order valence-electron chi connectivity index (χ1n) is 9.22. The smallest absolute Gasteiger partial charge is 0.224 e. The van der Waals surface area contributed by atoms with Crippen LogP contribution in [0.25, 0.3) is 0 Å². The van der Waals surface area contributed by atoms with Crippen molar-refractivity contribution in [3.63, 3.8) is 0 Å². The minimum atomic E-state index is -0.203. The number of carbonyl (C=O) groups excluding carboxylic acids is 2. The van der Waals surface area contributed by atoms with Crippen molar-refractivity contribution in [2.75, 3.05) is 23.3 Å². The molecule has 0 bridgehead atoms. The zero-order valence-electron chi connectivity index (χ0n) is 15.4. The van der Waals surface area contributed by atoms with Gasteiger partial charge in [-0.15, -0.1) is 24.8 Å². The highest BCUT2D eigenvalue weighted by atomic mass is 35.5. The predicted octanol–water partition coefficient (Wildman–Crippen LogP) is 2.69. The number of nitrogens with zero attached hydrogens (tertiary/aromatic N) is 1. The second-order valence-corrected chi connectivity index (χ2v) is 7.32. The third-order valence-electron chi connectivity index (χ3n) is 5.56. The molecule has 6 nitrogen and oxygen atoms in total. The molecule has 1 aliphatic carbocycles. The standard InChI is InChI=1S/C19H28N4O2.2ClH/c20-17-6-1-3-14(17)11-18(24)22-15-4-2-5-16(12-15)23-9-7-13(8-10-23)19(21)25;;/h2,4-5,12-14,17H,1,3,6-11,20H2,(H2,21,25)(H,22,24);2*1H/t14-,17+;;/m0../s1. The molecule has 0 radical (unpaired) electrons. The number of amides is 2. The van der Waals surface area contributed by atoms with E-state index in [1.807, 2.05) is 24.3 Å². The van der Waals surface area contributed by atoms with E-state index in [1.54, 1.807) is 0 Å². The van der Waals surface area contributed by atoms with Crippen molar-refractivity contribution in [2.24, 2.45) is 23.3 Å². The Kier molecular flexibility index (Phi) is 9.36. The summed E-state index contributed by atoms with van der Waals surface area (Å²) in [6.07, 6.45) is 5.25. The third kappa shape index (κ3) is 6.26. The number of hydrogen-bond acceptors (Lipinski definition) is 4. The Balaban J connectivity index is 0.00000182. The number of primary amides is 1. The number of anilines is 2. The van der Waals surface area contributed by atoms with Crippen LogP contribution in [0, 0.1) is 11.8 Å². The van der Waals surface area contributed by atoms with Crippen LogP contribution in [0.3, 0.4) is 0 Å². The zero-order valence-corrected chi connectivity index (χ0v) is 17.1. The number of halogens is 2. The molecule has 1 aliphatic heterocycles. The maximum absolute atomic E-state index is 12.3. The lowest BCUT2D eigenvalue weighted by molar-refractivity contribution is -0.122. The van der Waals surface area contributed by atoms with Crippen molar-refractivity contribution < 1.29 is 9.59 Å². The minimum Gasteiger partial charge on any atom is -0.371 e. The fourth-order valence-corrected chi connectivity index (χ4v) is 3.97. The van der Waals surface area contributed by atoms with Gasteiger partial charge in [0.15, 0.2) is 0 Å². The molecule has 2 fully saturated rings. The van der Waals surface area contributed by atoms with Gasteiger partial charge in [-0.25, -0.2) is 0 Å². The van der Waals surface area contributed by atoms with E-state index >= 15 is 0 Å². The lowest BCUT2D eigenvalue weighted by Crippen LogP contribution is -2.38. The average Bonchev–Trinajstić information content (AvgIpc) is 3.00. The number of rotatable bonds is 5. The summed E-state index contributed by atoms with van der Waals surface area (Å²) in [6, 6.07) is 8.05. The number of benzene rings is 1. The fourth-order valence-electron chi connectivity index (χ4n) is 3.97. The van der Waals surface area contributed by atoms with Gasteiger partial charge in [-0.3, -0.25) is 9.59 Å². The topological polar surface area (TPSA) is 101 Å².